The largest absolute Gasteiger partial charge is 0.297 e. The molecule has 0 saturated heterocycles. The van der Waals surface area contributed by atoms with Gasteiger partial charge in [0, 0.05) is 19.2 Å². The van der Waals surface area contributed by atoms with Gasteiger partial charge in [0.25, 0.3) is 0 Å². The van der Waals surface area contributed by atoms with Crippen LogP contribution >= 0.6 is 0 Å². The van der Waals surface area contributed by atoms with Crippen LogP contribution in [0.15, 0.2) is 29.3 Å². The SMILES string of the molecule is C1=NCCc2ccccc2C1. The van der Waals surface area contributed by atoms with E-state index in [1.165, 1.54) is 11.1 Å². The zero-order valence-electron chi connectivity index (χ0n) is 6.46. The van der Waals surface area contributed by atoms with Crippen LogP contribution < -0.4 is 0 Å². The molecule has 0 unspecified atom stereocenters. The first kappa shape index (κ1) is 6.59. The van der Waals surface area contributed by atoms with Crippen molar-refractivity contribution in [3.63, 3.8) is 0 Å². The molecule has 2 rings (SSSR count). The Kier molecular flexibility index (Phi) is 1.72. The van der Waals surface area contributed by atoms with E-state index in [9.17, 15) is 0 Å². The van der Waals surface area contributed by atoms with Crippen LogP contribution in [0.25, 0.3) is 0 Å². The third kappa shape index (κ3) is 1.32. The second-order valence-electron chi connectivity index (χ2n) is 2.81. The molecule has 1 heterocycles. The summed E-state index contributed by atoms with van der Waals surface area (Å²) in [7, 11) is 0. The number of nitrogens with zero attached hydrogens (tertiary/aromatic N) is 1. The molecular formula is C10H11N. The van der Waals surface area contributed by atoms with E-state index in [-0.39, 0.29) is 0 Å². The predicted molar refractivity (Wildman–Crippen MR) is 47.2 cm³/mol. The van der Waals surface area contributed by atoms with Gasteiger partial charge in [0.15, 0.2) is 0 Å². The molecule has 11 heavy (non-hydrogen) atoms. The summed E-state index contributed by atoms with van der Waals surface area (Å²) in [6.07, 6.45) is 4.13. The van der Waals surface area contributed by atoms with Crippen LogP contribution in [-0.2, 0) is 12.8 Å². The standard InChI is InChI=1S/C10H11N/c1-2-4-10-6-8-11-7-5-9(10)3-1/h1-4,7H,5-6,8H2. The van der Waals surface area contributed by atoms with Crippen LogP contribution in [0.5, 0.6) is 0 Å². The Morgan fingerprint density at radius 2 is 1.91 bits per heavy atom. The molecule has 0 radical (unpaired) electrons. The van der Waals surface area contributed by atoms with Crippen LogP contribution in [0.2, 0.25) is 0 Å². The summed E-state index contributed by atoms with van der Waals surface area (Å²) in [6, 6.07) is 8.58. The molecule has 0 aromatic heterocycles. The molecule has 0 aliphatic carbocycles. The first-order valence-electron chi connectivity index (χ1n) is 4.02. The summed E-state index contributed by atoms with van der Waals surface area (Å²) in [6.45, 7) is 0.955. The van der Waals surface area contributed by atoms with E-state index in [2.05, 4.69) is 29.3 Å². The number of benzene rings is 1. The van der Waals surface area contributed by atoms with Gasteiger partial charge in [-0.1, -0.05) is 24.3 Å². The average Bonchev–Trinajstić information content (AvgIpc) is 2.28. The lowest BCUT2D eigenvalue weighted by Gasteiger charge is -2.01. The van der Waals surface area contributed by atoms with Crippen molar-refractivity contribution in [2.24, 2.45) is 4.99 Å². The number of aliphatic imine (C=N–C) groups is 1. The summed E-state index contributed by atoms with van der Waals surface area (Å²) >= 11 is 0. The Hall–Kier alpha value is -1.11. The monoisotopic (exact) mass is 145 g/mol. The van der Waals surface area contributed by atoms with Gasteiger partial charge in [-0.25, -0.2) is 0 Å². The molecule has 0 spiro atoms. The van der Waals surface area contributed by atoms with E-state index in [0.29, 0.717) is 0 Å². The Morgan fingerprint density at radius 1 is 1.09 bits per heavy atom. The van der Waals surface area contributed by atoms with Crippen molar-refractivity contribution in [1.82, 2.24) is 0 Å². The Bertz CT molecular complexity index is 276. The zero-order valence-corrected chi connectivity index (χ0v) is 6.46. The lowest BCUT2D eigenvalue weighted by atomic mass is 10.0. The Balaban J connectivity index is 2.40. The van der Waals surface area contributed by atoms with Crippen LogP contribution in [0.3, 0.4) is 0 Å². The molecule has 56 valence electrons. The van der Waals surface area contributed by atoms with Gasteiger partial charge in [-0.3, -0.25) is 4.99 Å². The van der Waals surface area contributed by atoms with Gasteiger partial charge in [0.2, 0.25) is 0 Å². The summed E-state index contributed by atoms with van der Waals surface area (Å²) in [5.74, 6) is 0. The molecule has 1 heteroatoms. The fourth-order valence-electron chi connectivity index (χ4n) is 1.44. The summed E-state index contributed by atoms with van der Waals surface area (Å²) in [5, 5.41) is 0. The number of hydrogen-bond donors (Lipinski definition) is 0. The molecule has 0 saturated carbocycles. The molecule has 0 N–H and O–H groups in total. The molecule has 1 aromatic rings. The Morgan fingerprint density at radius 3 is 2.82 bits per heavy atom. The highest BCUT2D eigenvalue weighted by Gasteiger charge is 2.01. The third-order valence-electron chi connectivity index (χ3n) is 2.07. The van der Waals surface area contributed by atoms with Crippen molar-refractivity contribution < 1.29 is 0 Å². The second-order valence-corrected chi connectivity index (χ2v) is 2.81. The number of fused-ring (bicyclic) bond motifs is 1. The summed E-state index contributed by atoms with van der Waals surface area (Å²) in [4.78, 5) is 4.26. The van der Waals surface area contributed by atoms with Gasteiger partial charge in [0.1, 0.15) is 0 Å². The number of rotatable bonds is 0. The minimum absolute atomic E-state index is 0.955. The average molecular weight is 145 g/mol. The topological polar surface area (TPSA) is 12.4 Å². The van der Waals surface area contributed by atoms with E-state index >= 15 is 0 Å². The van der Waals surface area contributed by atoms with Crippen molar-refractivity contribution in [2.45, 2.75) is 12.8 Å². The molecule has 0 fully saturated rings. The van der Waals surface area contributed by atoms with Crippen LogP contribution in [0.1, 0.15) is 11.1 Å². The molecule has 1 aromatic carbocycles. The minimum Gasteiger partial charge on any atom is -0.297 e. The minimum atomic E-state index is 0.955. The zero-order chi connectivity index (χ0) is 7.52. The highest BCUT2D eigenvalue weighted by molar-refractivity contribution is 5.63. The highest BCUT2D eigenvalue weighted by atomic mass is 14.7. The predicted octanol–water partition coefficient (Wildman–Crippen LogP) is 1.86. The second kappa shape index (κ2) is 2.87. The van der Waals surface area contributed by atoms with Gasteiger partial charge < -0.3 is 0 Å². The normalized spacial score (nSPS) is 15.6. The van der Waals surface area contributed by atoms with Gasteiger partial charge in [-0.15, -0.1) is 0 Å². The van der Waals surface area contributed by atoms with Crippen LogP contribution in [-0.4, -0.2) is 12.8 Å². The van der Waals surface area contributed by atoms with Crippen molar-refractivity contribution in [3.8, 4) is 0 Å². The maximum atomic E-state index is 4.26. The van der Waals surface area contributed by atoms with E-state index in [0.717, 1.165) is 19.4 Å². The first-order chi connectivity index (χ1) is 5.47. The van der Waals surface area contributed by atoms with Crippen molar-refractivity contribution >= 4 is 6.21 Å². The van der Waals surface area contributed by atoms with E-state index < -0.39 is 0 Å². The van der Waals surface area contributed by atoms with Gasteiger partial charge >= 0.3 is 0 Å². The van der Waals surface area contributed by atoms with Crippen LogP contribution in [0, 0.1) is 0 Å². The summed E-state index contributed by atoms with van der Waals surface area (Å²) in [5.41, 5.74) is 2.90. The maximum Gasteiger partial charge on any atom is 0.0426 e. The van der Waals surface area contributed by atoms with E-state index in [1.54, 1.807) is 0 Å². The maximum absolute atomic E-state index is 4.26. The molecule has 0 atom stereocenters. The van der Waals surface area contributed by atoms with Crippen molar-refractivity contribution in [2.75, 3.05) is 6.54 Å². The van der Waals surface area contributed by atoms with Gasteiger partial charge in [-0.05, 0) is 17.5 Å². The van der Waals surface area contributed by atoms with E-state index in [4.69, 9.17) is 0 Å². The quantitative estimate of drug-likeness (QED) is 0.528. The lowest BCUT2D eigenvalue weighted by Crippen LogP contribution is -1.91. The molecule has 0 amide bonds. The Labute approximate surface area is 66.8 Å². The van der Waals surface area contributed by atoms with Crippen molar-refractivity contribution in [3.05, 3.63) is 35.4 Å². The molecule has 0 bridgehead atoms. The fraction of sp³-hybridized carbons (Fsp3) is 0.300. The van der Waals surface area contributed by atoms with Crippen molar-refractivity contribution in [1.29, 1.82) is 0 Å². The van der Waals surface area contributed by atoms with Crippen LogP contribution in [0.4, 0.5) is 0 Å². The third-order valence-corrected chi connectivity index (χ3v) is 2.07. The smallest absolute Gasteiger partial charge is 0.0426 e. The number of hydrogen-bond acceptors (Lipinski definition) is 1. The molecular weight excluding hydrogens is 134 g/mol. The molecule has 1 aliphatic heterocycles. The highest BCUT2D eigenvalue weighted by Crippen LogP contribution is 2.11. The molecule has 1 nitrogen and oxygen atoms in total. The fourth-order valence-corrected chi connectivity index (χ4v) is 1.44. The first-order valence-corrected chi connectivity index (χ1v) is 4.02. The van der Waals surface area contributed by atoms with Gasteiger partial charge in [0.05, 0.1) is 0 Å². The lowest BCUT2D eigenvalue weighted by molar-refractivity contribution is 0.977. The van der Waals surface area contributed by atoms with E-state index in [1.807, 2.05) is 6.21 Å². The molecule has 1 aliphatic rings. The summed E-state index contributed by atoms with van der Waals surface area (Å²) < 4.78 is 0. The van der Waals surface area contributed by atoms with Gasteiger partial charge in [-0.2, -0.15) is 0 Å².